The van der Waals surface area contributed by atoms with Crippen LogP contribution in [-0.2, 0) is 29.7 Å². The van der Waals surface area contributed by atoms with E-state index in [0.29, 0.717) is 11.4 Å². The third kappa shape index (κ3) is 7.36. The van der Waals surface area contributed by atoms with Gasteiger partial charge < -0.3 is 0 Å². The van der Waals surface area contributed by atoms with Crippen LogP contribution in [0.3, 0.4) is 0 Å². The van der Waals surface area contributed by atoms with E-state index >= 15 is 17.6 Å². The number of rotatable bonds is 12. The van der Waals surface area contributed by atoms with Gasteiger partial charge in [0, 0.05) is 0 Å². The maximum absolute atomic E-state index is 18.3. The van der Waals surface area contributed by atoms with E-state index in [4.69, 9.17) is 0 Å². The van der Waals surface area contributed by atoms with Crippen LogP contribution in [0.2, 0.25) is 8.45 Å². The van der Waals surface area contributed by atoms with Gasteiger partial charge in [-0.2, -0.15) is 0 Å². The molecule has 2 nitrogen and oxygen atoms in total. The van der Waals surface area contributed by atoms with Crippen molar-refractivity contribution in [2.75, 3.05) is 9.80 Å². The summed E-state index contributed by atoms with van der Waals surface area (Å²) in [4.78, 5) is 3.64. The van der Waals surface area contributed by atoms with Gasteiger partial charge in [-0.3, -0.25) is 0 Å². The summed E-state index contributed by atoms with van der Waals surface area (Å²) in [5, 5.41) is 0. The van der Waals surface area contributed by atoms with Crippen LogP contribution in [0.25, 0.3) is 0 Å². The Hall–Kier alpha value is -5.69. The predicted molar refractivity (Wildman–Crippen MR) is 223 cm³/mol. The molecular formula is C50H42F4N2Ti. The Kier molecular flexibility index (Phi) is 11.0. The summed E-state index contributed by atoms with van der Waals surface area (Å²) in [6, 6.07) is 40.2. The quantitative estimate of drug-likeness (QED) is 0.0899. The Morgan fingerprint density at radius 1 is 0.439 bits per heavy atom. The fourth-order valence-electron chi connectivity index (χ4n) is 8.36. The fraction of sp³-hybridized carbons (Fsp3) is 0.120. The standard InChI is InChI=1S/2C20H16F2N.2C5H5.Ti/c2*1-15-7-10-18(11-8-15)23(14-16-5-3-2-4-6-16)20-12-9-17(21)13-19(20)22;2*1-2-4-5-3-1;/h2*2-12H,14H2,1H3;2*1-5H;. The molecule has 8 rings (SSSR count). The van der Waals surface area contributed by atoms with Crippen molar-refractivity contribution in [1.82, 2.24) is 0 Å². The van der Waals surface area contributed by atoms with Crippen molar-refractivity contribution in [3.05, 3.63) is 228 Å². The monoisotopic (exact) mass is 794 g/mol. The summed E-state index contributed by atoms with van der Waals surface area (Å²) < 4.78 is 69.2. The SMILES string of the molecule is Cc1ccc(N(Cc2ccccc2)c2ccc(F)[c]([Ti]([c]3c(F)ccc(N(Cc4ccccc4)c4ccc(C)cc4)c3F)([CH]3C=CC=C3)[CH]3C=CC=C3)c2F)cc1. The molecule has 0 heterocycles. The van der Waals surface area contributed by atoms with Gasteiger partial charge in [0.15, 0.2) is 0 Å². The third-order valence-corrected chi connectivity index (χ3v) is 19.7. The Morgan fingerprint density at radius 3 is 1.14 bits per heavy atom. The van der Waals surface area contributed by atoms with Gasteiger partial charge in [-0.15, -0.1) is 0 Å². The molecule has 7 heteroatoms. The summed E-state index contributed by atoms with van der Waals surface area (Å²) in [5.74, 6) is -3.24. The molecule has 6 aromatic rings. The molecule has 0 amide bonds. The van der Waals surface area contributed by atoms with Crippen LogP contribution in [0, 0.1) is 37.1 Å². The van der Waals surface area contributed by atoms with E-state index in [2.05, 4.69) is 0 Å². The van der Waals surface area contributed by atoms with E-state index in [1.165, 1.54) is 24.3 Å². The van der Waals surface area contributed by atoms with Crippen LogP contribution in [0.1, 0.15) is 22.3 Å². The summed E-state index contributed by atoms with van der Waals surface area (Å²) >= 11 is -5.15. The van der Waals surface area contributed by atoms with Crippen molar-refractivity contribution in [3.63, 3.8) is 0 Å². The number of hydrogen-bond acceptors (Lipinski definition) is 2. The van der Waals surface area contributed by atoms with E-state index < -0.39 is 48.3 Å². The van der Waals surface area contributed by atoms with Gasteiger partial charge in [-0.1, -0.05) is 0 Å². The first-order valence-corrected chi connectivity index (χ1v) is 22.6. The topological polar surface area (TPSA) is 6.48 Å². The molecule has 0 unspecified atom stereocenters. The van der Waals surface area contributed by atoms with E-state index in [9.17, 15) is 0 Å². The molecule has 2 aliphatic rings. The molecule has 57 heavy (non-hydrogen) atoms. The zero-order valence-electron chi connectivity index (χ0n) is 31.8. The molecule has 6 aromatic carbocycles. The number of anilines is 4. The molecule has 2 aliphatic carbocycles. The van der Waals surface area contributed by atoms with E-state index in [0.717, 1.165) is 22.3 Å². The average Bonchev–Trinajstić information content (AvgIpc) is 3.97. The number of allylic oxidation sites excluding steroid dienone is 8. The average molecular weight is 795 g/mol. The summed E-state index contributed by atoms with van der Waals surface area (Å²) in [5.41, 5.74) is 5.57. The molecular weight excluding hydrogens is 752 g/mol. The van der Waals surface area contributed by atoms with E-state index in [1.54, 1.807) is 0 Å². The maximum atomic E-state index is 18.3. The first-order valence-electron chi connectivity index (χ1n) is 19.2. The van der Waals surface area contributed by atoms with Crippen LogP contribution in [0.4, 0.5) is 40.3 Å². The van der Waals surface area contributed by atoms with Crippen molar-refractivity contribution in [2.45, 2.75) is 35.4 Å². The zero-order chi connectivity index (χ0) is 39.5. The number of hydrogen-bond donors (Lipinski definition) is 0. The molecule has 0 radical (unpaired) electrons. The van der Waals surface area contributed by atoms with Crippen LogP contribution in [0.5, 0.6) is 0 Å². The van der Waals surface area contributed by atoms with Crippen LogP contribution in [-0.4, -0.2) is 0 Å². The number of nitrogens with zero attached hydrogens (tertiary/aromatic N) is 2. The molecule has 0 saturated heterocycles. The molecule has 0 saturated carbocycles. The second-order valence-corrected chi connectivity index (χ2v) is 21.1. The molecule has 284 valence electrons. The zero-order valence-corrected chi connectivity index (χ0v) is 33.4. The van der Waals surface area contributed by atoms with Gasteiger partial charge in [-0.25, -0.2) is 0 Å². The molecule has 0 spiro atoms. The fourth-order valence-corrected chi connectivity index (χ4v) is 17.1. The van der Waals surface area contributed by atoms with Crippen LogP contribution < -0.4 is 17.5 Å². The summed E-state index contributed by atoms with van der Waals surface area (Å²) in [7, 11) is 0. The van der Waals surface area contributed by atoms with Crippen molar-refractivity contribution >= 4 is 30.5 Å². The van der Waals surface area contributed by atoms with E-state index in [-0.39, 0.29) is 32.2 Å². The second-order valence-electron chi connectivity index (χ2n) is 14.8. The van der Waals surface area contributed by atoms with Gasteiger partial charge >= 0.3 is 337 Å². The molecule has 0 N–H and O–H groups in total. The van der Waals surface area contributed by atoms with Gasteiger partial charge in [0.1, 0.15) is 0 Å². The van der Waals surface area contributed by atoms with Gasteiger partial charge in [0.2, 0.25) is 0 Å². The van der Waals surface area contributed by atoms with Gasteiger partial charge in [0.05, 0.1) is 0 Å². The number of benzene rings is 6. The van der Waals surface area contributed by atoms with Crippen molar-refractivity contribution in [3.8, 4) is 0 Å². The van der Waals surface area contributed by atoms with Gasteiger partial charge in [0.25, 0.3) is 0 Å². The van der Waals surface area contributed by atoms with E-state index in [1.807, 2.05) is 181 Å². The minimum absolute atomic E-state index is 0.133. The number of aryl methyl sites for hydroxylation is 2. The molecule has 0 atom stereocenters. The molecule has 0 fully saturated rings. The first kappa shape index (κ1) is 38.2. The third-order valence-electron chi connectivity index (χ3n) is 11.2. The van der Waals surface area contributed by atoms with Crippen molar-refractivity contribution < 1.29 is 34.2 Å². The summed E-state index contributed by atoms with van der Waals surface area (Å²) in [6.07, 6.45) is 14.7. The van der Waals surface area contributed by atoms with Crippen LogP contribution >= 0.6 is 0 Å². The first-order chi connectivity index (χ1) is 27.8. The van der Waals surface area contributed by atoms with Crippen LogP contribution in [0.15, 0.2) is 182 Å². The van der Waals surface area contributed by atoms with Crippen molar-refractivity contribution in [2.24, 2.45) is 0 Å². The normalized spacial score (nSPS) is 13.9. The van der Waals surface area contributed by atoms with Crippen molar-refractivity contribution in [1.29, 1.82) is 0 Å². The predicted octanol–water partition coefficient (Wildman–Crippen LogP) is 12.5. The Bertz CT molecular complexity index is 2290. The Balaban J connectivity index is 1.40. The molecule has 0 bridgehead atoms. The summed E-state index contributed by atoms with van der Waals surface area (Å²) in [6.45, 7) is 4.52. The second kappa shape index (κ2) is 16.4. The number of halogens is 4. The Morgan fingerprint density at radius 2 is 0.789 bits per heavy atom. The Labute approximate surface area is 335 Å². The molecule has 0 aliphatic heterocycles. The molecule has 0 aromatic heterocycles. The van der Waals surface area contributed by atoms with Gasteiger partial charge in [-0.05, 0) is 0 Å². The minimum atomic E-state index is -5.15.